The standard InChI is InChI=1S/C17H14F2N2O4S.C16H12F2N2O4S/c1-23-11-7-12(24-2)14(19)10(13(11)18)6-5-9-8-20-17(26-4)21-15(9)16(22)25-3;1-23-10-6-11(24-2)13(18)9(12(10)17)5-4-8-7-19-16(25-3)20-14(8)15(21)22/h7-8H,1-4H3;6-7H,1-3H3,(H,21,22). The van der Waals surface area contributed by atoms with Gasteiger partial charge in [-0.3, -0.25) is 0 Å². The van der Waals surface area contributed by atoms with Crippen LogP contribution in [0.4, 0.5) is 17.6 Å². The molecule has 0 saturated carbocycles. The van der Waals surface area contributed by atoms with Crippen molar-refractivity contribution >= 4 is 35.5 Å². The Kier molecular flexibility index (Phi) is 14.3. The average molecular weight is 747 g/mol. The highest BCUT2D eigenvalue weighted by atomic mass is 32.2. The molecule has 0 radical (unpaired) electrons. The van der Waals surface area contributed by atoms with Crippen molar-refractivity contribution in [1.82, 2.24) is 19.9 Å². The summed E-state index contributed by atoms with van der Waals surface area (Å²) < 4.78 is 81.2. The van der Waals surface area contributed by atoms with Crippen LogP contribution in [-0.4, -0.2) is 85.0 Å². The van der Waals surface area contributed by atoms with Gasteiger partial charge in [-0.05, 0) is 12.5 Å². The van der Waals surface area contributed by atoms with Crippen molar-refractivity contribution in [3.8, 4) is 46.7 Å². The van der Waals surface area contributed by atoms with Crippen LogP contribution >= 0.6 is 23.5 Å². The Morgan fingerprint density at radius 2 is 0.980 bits per heavy atom. The number of carbonyl (C=O) groups excluding carboxylic acids is 1. The number of ether oxygens (including phenoxy) is 5. The predicted molar refractivity (Wildman–Crippen MR) is 177 cm³/mol. The van der Waals surface area contributed by atoms with Gasteiger partial charge in [-0.1, -0.05) is 47.2 Å². The molecule has 1 N–H and O–H groups in total. The molecule has 0 saturated heterocycles. The second-order valence-corrected chi connectivity index (χ2v) is 10.6. The van der Waals surface area contributed by atoms with E-state index in [0.717, 1.165) is 23.9 Å². The first kappa shape index (κ1) is 39.7. The topological polar surface area (TPSA) is 152 Å². The van der Waals surface area contributed by atoms with Gasteiger partial charge >= 0.3 is 11.9 Å². The van der Waals surface area contributed by atoms with Crippen LogP contribution in [-0.2, 0) is 4.74 Å². The minimum absolute atomic E-state index is 0.0650. The fourth-order valence-electron chi connectivity index (χ4n) is 3.78. The van der Waals surface area contributed by atoms with Gasteiger partial charge in [-0.2, -0.15) is 0 Å². The number of carboxylic acids is 1. The second-order valence-electron chi connectivity index (χ2n) is 9.10. The number of thioether (sulfide) groups is 2. The molecule has 2 aromatic heterocycles. The van der Waals surface area contributed by atoms with Crippen molar-refractivity contribution in [2.24, 2.45) is 0 Å². The molecule has 0 amide bonds. The van der Waals surface area contributed by atoms with E-state index in [4.69, 9.17) is 18.9 Å². The minimum Gasteiger partial charge on any atom is -0.493 e. The van der Waals surface area contributed by atoms with E-state index in [1.165, 1.54) is 59.7 Å². The number of nitrogens with zero attached hydrogens (tertiary/aromatic N) is 4. The maximum atomic E-state index is 14.3. The zero-order valence-corrected chi connectivity index (χ0v) is 29.4. The lowest BCUT2D eigenvalue weighted by atomic mass is 10.1. The normalized spacial score (nSPS) is 9.94. The molecule has 0 unspecified atom stereocenters. The van der Waals surface area contributed by atoms with E-state index in [2.05, 4.69) is 48.4 Å². The van der Waals surface area contributed by atoms with Crippen molar-refractivity contribution < 1.29 is 55.9 Å². The van der Waals surface area contributed by atoms with Crippen molar-refractivity contribution in [1.29, 1.82) is 0 Å². The largest absolute Gasteiger partial charge is 0.493 e. The Balaban J connectivity index is 0.000000276. The summed E-state index contributed by atoms with van der Waals surface area (Å²) in [7, 11) is 6.08. The van der Waals surface area contributed by atoms with Gasteiger partial charge < -0.3 is 28.8 Å². The van der Waals surface area contributed by atoms with Crippen molar-refractivity contribution in [2.75, 3.05) is 48.1 Å². The molecule has 2 aromatic carbocycles. The van der Waals surface area contributed by atoms with E-state index in [1.54, 1.807) is 12.5 Å². The Hall–Kier alpha value is -5.72. The molecule has 0 spiro atoms. The van der Waals surface area contributed by atoms with Crippen molar-refractivity contribution in [3.63, 3.8) is 0 Å². The third kappa shape index (κ3) is 9.30. The van der Waals surface area contributed by atoms with E-state index in [0.29, 0.717) is 5.16 Å². The zero-order chi connectivity index (χ0) is 37.8. The van der Waals surface area contributed by atoms with Gasteiger partial charge in [0.2, 0.25) is 0 Å². The van der Waals surface area contributed by atoms with Gasteiger partial charge in [0, 0.05) is 24.5 Å². The second kappa shape index (κ2) is 18.3. The molecule has 266 valence electrons. The molecule has 12 nitrogen and oxygen atoms in total. The fourth-order valence-corrected chi connectivity index (χ4v) is 4.46. The fraction of sp³-hybridized carbons (Fsp3) is 0.212. The molecule has 0 fully saturated rings. The Morgan fingerprint density at radius 1 is 0.627 bits per heavy atom. The molecular weight excluding hydrogens is 721 g/mol. The zero-order valence-electron chi connectivity index (χ0n) is 27.7. The molecule has 0 atom stereocenters. The first-order valence-corrected chi connectivity index (χ1v) is 16.2. The minimum atomic E-state index is -1.33. The van der Waals surface area contributed by atoms with Crippen LogP contribution in [0.5, 0.6) is 23.0 Å². The molecule has 2 heterocycles. The summed E-state index contributed by atoms with van der Waals surface area (Å²) in [5, 5.41) is 9.77. The number of carbonyl (C=O) groups is 2. The van der Waals surface area contributed by atoms with E-state index < -0.39 is 46.3 Å². The van der Waals surface area contributed by atoms with Crippen LogP contribution in [0.25, 0.3) is 0 Å². The number of esters is 1. The van der Waals surface area contributed by atoms with Gasteiger partial charge in [-0.25, -0.2) is 47.1 Å². The summed E-state index contributed by atoms with van der Waals surface area (Å²) in [6, 6.07) is 2.13. The lowest BCUT2D eigenvalue weighted by Gasteiger charge is -2.09. The Bertz CT molecular complexity index is 2040. The van der Waals surface area contributed by atoms with E-state index >= 15 is 0 Å². The third-order valence-electron chi connectivity index (χ3n) is 6.27. The van der Waals surface area contributed by atoms with Gasteiger partial charge in [-0.15, -0.1) is 0 Å². The molecule has 51 heavy (non-hydrogen) atoms. The highest BCUT2D eigenvalue weighted by Crippen LogP contribution is 2.32. The highest BCUT2D eigenvalue weighted by Gasteiger charge is 2.21. The molecule has 0 bridgehead atoms. The third-order valence-corrected chi connectivity index (χ3v) is 7.40. The number of aromatic carboxylic acids is 1. The molecule has 0 aliphatic heterocycles. The molecule has 0 aliphatic carbocycles. The van der Waals surface area contributed by atoms with Crippen molar-refractivity contribution in [2.45, 2.75) is 10.3 Å². The lowest BCUT2D eigenvalue weighted by Crippen LogP contribution is -2.09. The lowest BCUT2D eigenvalue weighted by molar-refractivity contribution is 0.0591. The summed E-state index contributed by atoms with van der Waals surface area (Å²) in [6.07, 6.45) is 5.88. The van der Waals surface area contributed by atoms with Crippen LogP contribution in [0.3, 0.4) is 0 Å². The van der Waals surface area contributed by atoms with Crippen LogP contribution in [0.1, 0.15) is 43.2 Å². The Morgan fingerprint density at radius 3 is 1.29 bits per heavy atom. The number of methoxy groups -OCH3 is 5. The predicted octanol–water partition coefficient (Wildman–Crippen LogP) is 5.27. The van der Waals surface area contributed by atoms with Gasteiger partial charge in [0.05, 0.1) is 46.7 Å². The summed E-state index contributed by atoms with van der Waals surface area (Å²) >= 11 is 2.37. The summed E-state index contributed by atoms with van der Waals surface area (Å²) in [6.45, 7) is 0. The van der Waals surface area contributed by atoms with Crippen LogP contribution < -0.4 is 18.9 Å². The van der Waals surface area contributed by atoms with Crippen LogP contribution in [0, 0.1) is 47.0 Å². The van der Waals surface area contributed by atoms with E-state index in [1.807, 2.05) is 0 Å². The number of halogens is 4. The summed E-state index contributed by atoms with van der Waals surface area (Å²) in [4.78, 5) is 38.9. The molecule has 4 rings (SSSR count). The SMILES string of the molecule is COC(=O)c1nc(SC)ncc1C#Cc1c(F)c(OC)cc(OC)c1F.COc1cc(OC)c(F)c(C#Cc2cnc(SC)nc2C(=O)O)c1F. The number of benzene rings is 2. The van der Waals surface area contributed by atoms with Crippen molar-refractivity contribution in [3.05, 3.63) is 81.4 Å². The number of aromatic nitrogens is 4. The number of hydrogen-bond donors (Lipinski definition) is 1. The van der Waals surface area contributed by atoms with Crippen LogP contribution in [0.2, 0.25) is 0 Å². The molecule has 4 aromatic rings. The van der Waals surface area contributed by atoms with E-state index in [9.17, 15) is 32.3 Å². The smallest absolute Gasteiger partial charge is 0.358 e. The monoisotopic (exact) mass is 746 g/mol. The first-order chi connectivity index (χ1) is 24.4. The highest BCUT2D eigenvalue weighted by molar-refractivity contribution is 7.98. The maximum absolute atomic E-state index is 14.3. The molecular formula is C33H26F4N4O8S2. The van der Waals surface area contributed by atoms with Gasteiger partial charge in [0.15, 0.2) is 68.0 Å². The Labute approximate surface area is 297 Å². The average Bonchev–Trinajstić information content (AvgIpc) is 3.14. The molecule has 0 aliphatic rings. The summed E-state index contributed by atoms with van der Waals surface area (Å²) in [5.41, 5.74) is -1.65. The first-order valence-electron chi connectivity index (χ1n) is 13.8. The van der Waals surface area contributed by atoms with Gasteiger partial charge in [0.1, 0.15) is 11.1 Å². The summed E-state index contributed by atoms with van der Waals surface area (Å²) in [5.74, 6) is 2.47. The van der Waals surface area contributed by atoms with Gasteiger partial charge in [0.25, 0.3) is 0 Å². The maximum Gasteiger partial charge on any atom is 0.358 e. The quantitative estimate of drug-likeness (QED) is 0.0819. The van der Waals surface area contributed by atoms with E-state index in [-0.39, 0.29) is 50.7 Å². The molecule has 18 heteroatoms. The number of carboxylic acid groups (broad SMARTS) is 1. The number of rotatable bonds is 8. The number of hydrogen-bond acceptors (Lipinski definition) is 13. The van der Waals surface area contributed by atoms with Crippen LogP contribution in [0.15, 0.2) is 34.8 Å².